The minimum Gasteiger partial charge on any atom is -0.341 e. The topological polar surface area (TPSA) is 35.2 Å². The maximum absolute atomic E-state index is 4.66. The minimum atomic E-state index is 0.630. The lowest BCUT2D eigenvalue weighted by Crippen LogP contribution is -2.31. The maximum atomic E-state index is 4.66. The Kier molecular flexibility index (Phi) is 3.03. The van der Waals surface area contributed by atoms with Crippen molar-refractivity contribution in [3.63, 3.8) is 0 Å². The minimum absolute atomic E-state index is 0.630. The van der Waals surface area contributed by atoms with Crippen LogP contribution < -0.4 is 4.90 Å². The van der Waals surface area contributed by atoms with Crippen LogP contribution in [0.5, 0.6) is 0 Å². The van der Waals surface area contributed by atoms with Gasteiger partial charge in [0.1, 0.15) is 0 Å². The Balaban J connectivity index is 1.87. The third-order valence-corrected chi connectivity index (χ3v) is 4.12. The highest BCUT2D eigenvalue weighted by Gasteiger charge is 2.25. The number of aromatic nitrogens is 2. The van der Waals surface area contributed by atoms with Gasteiger partial charge in [0, 0.05) is 23.6 Å². The second kappa shape index (κ2) is 4.55. The molecule has 0 unspecified atom stereocenters. The highest BCUT2D eigenvalue weighted by Crippen LogP contribution is 2.24. The van der Waals surface area contributed by atoms with Gasteiger partial charge in [0.05, 0.1) is 11.0 Å². The van der Waals surface area contributed by atoms with Crippen LogP contribution in [0.25, 0.3) is 11.0 Å². The number of hydrogen-bond donors (Lipinski definition) is 1. The standard InChI is InChI=1S/C13H17BrN4/c1-17(2)10-5-6-18(8-10)13-15-11-4-3-9(14)7-12(11)16-13/h3-4,7,10H,5-6,8H2,1-2H3,(H,15,16)/t10-/m0/s1. The molecule has 1 aliphatic rings. The predicted molar refractivity (Wildman–Crippen MR) is 78.1 cm³/mol. The average Bonchev–Trinajstić information content (AvgIpc) is 2.93. The molecule has 0 radical (unpaired) electrons. The van der Waals surface area contributed by atoms with Gasteiger partial charge < -0.3 is 14.8 Å². The molecular formula is C13H17BrN4. The molecule has 1 aromatic heterocycles. The van der Waals surface area contributed by atoms with E-state index in [1.807, 2.05) is 12.1 Å². The fraction of sp³-hybridized carbons (Fsp3) is 0.462. The lowest BCUT2D eigenvalue weighted by molar-refractivity contribution is 0.315. The molecule has 18 heavy (non-hydrogen) atoms. The molecule has 0 amide bonds. The largest absolute Gasteiger partial charge is 0.341 e. The molecule has 1 aromatic carbocycles. The van der Waals surface area contributed by atoms with Crippen LogP contribution in [0.4, 0.5) is 5.95 Å². The van der Waals surface area contributed by atoms with Gasteiger partial charge in [0.15, 0.2) is 0 Å². The second-order valence-electron chi connectivity index (χ2n) is 5.07. The number of nitrogens with one attached hydrogen (secondary N) is 1. The Labute approximate surface area is 115 Å². The summed E-state index contributed by atoms with van der Waals surface area (Å²) in [7, 11) is 4.29. The van der Waals surface area contributed by atoms with Gasteiger partial charge in [-0.15, -0.1) is 0 Å². The molecule has 1 fully saturated rings. The Morgan fingerprint density at radius 2 is 2.28 bits per heavy atom. The summed E-state index contributed by atoms with van der Waals surface area (Å²) < 4.78 is 1.08. The van der Waals surface area contributed by atoms with Crippen molar-refractivity contribution >= 4 is 32.9 Å². The van der Waals surface area contributed by atoms with E-state index in [2.05, 4.69) is 55.9 Å². The zero-order chi connectivity index (χ0) is 12.7. The highest BCUT2D eigenvalue weighted by molar-refractivity contribution is 9.10. The van der Waals surface area contributed by atoms with Crippen molar-refractivity contribution in [1.82, 2.24) is 14.9 Å². The molecule has 5 heteroatoms. The summed E-state index contributed by atoms with van der Waals surface area (Å²) in [6.45, 7) is 2.12. The normalized spacial score (nSPS) is 20.2. The second-order valence-corrected chi connectivity index (χ2v) is 5.99. The third kappa shape index (κ3) is 2.12. The molecule has 0 aliphatic carbocycles. The van der Waals surface area contributed by atoms with E-state index in [1.54, 1.807) is 0 Å². The molecule has 0 bridgehead atoms. The molecule has 3 rings (SSSR count). The van der Waals surface area contributed by atoms with E-state index < -0.39 is 0 Å². The number of anilines is 1. The number of imidazole rings is 1. The summed E-state index contributed by atoms with van der Waals surface area (Å²) >= 11 is 3.49. The summed E-state index contributed by atoms with van der Waals surface area (Å²) in [5.74, 6) is 0.993. The molecule has 96 valence electrons. The number of likely N-dealkylation sites (N-methyl/N-ethyl adjacent to an activating group) is 1. The van der Waals surface area contributed by atoms with Gasteiger partial charge in [0.2, 0.25) is 5.95 Å². The van der Waals surface area contributed by atoms with Gasteiger partial charge in [-0.05, 0) is 38.7 Å². The van der Waals surface area contributed by atoms with Crippen molar-refractivity contribution in [1.29, 1.82) is 0 Å². The van der Waals surface area contributed by atoms with Crippen LogP contribution in [0.15, 0.2) is 22.7 Å². The first-order valence-electron chi connectivity index (χ1n) is 6.20. The first-order chi connectivity index (χ1) is 8.63. The molecule has 0 spiro atoms. The van der Waals surface area contributed by atoms with Crippen LogP contribution in [0.3, 0.4) is 0 Å². The summed E-state index contributed by atoms with van der Waals surface area (Å²) in [4.78, 5) is 12.7. The quantitative estimate of drug-likeness (QED) is 0.925. The summed E-state index contributed by atoms with van der Waals surface area (Å²) in [6.07, 6.45) is 1.20. The summed E-state index contributed by atoms with van der Waals surface area (Å²) in [6, 6.07) is 6.77. The number of halogens is 1. The van der Waals surface area contributed by atoms with E-state index >= 15 is 0 Å². The maximum Gasteiger partial charge on any atom is 0.203 e. The first kappa shape index (κ1) is 12.0. The molecule has 4 nitrogen and oxygen atoms in total. The van der Waals surface area contributed by atoms with Crippen LogP contribution >= 0.6 is 15.9 Å². The number of benzene rings is 1. The van der Waals surface area contributed by atoms with Crippen LogP contribution in [-0.2, 0) is 0 Å². The van der Waals surface area contributed by atoms with Gasteiger partial charge in [-0.3, -0.25) is 0 Å². The number of H-pyrrole nitrogens is 1. The van der Waals surface area contributed by atoms with Gasteiger partial charge in [-0.1, -0.05) is 15.9 Å². The van der Waals surface area contributed by atoms with Gasteiger partial charge in [-0.2, -0.15) is 0 Å². The zero-order valence-electron chi connectivity index (χ0n) is 10.7. The van der Waals surface area contributed by atoms with Crippen LogP contribution in [0, 0.1) is 0 Å². The SMILES string of the molecule is CN(C)[C@H]1CCN(c2nc3ccc(Br)cc3[nH]2)C1. The molecule has 2 heterocycles. The Bertz CT molecular complexity index is 563. The fourth-order valence-corrected chi connectivity index (χ4v) is 2.83. The third-order valence-electron chi connectivity index (χ3n) is 3.62. The zero-order valence-corrected chi connectivity index (χ0v) is 12.2. The van der Waals surface area contributed by atoms with E-state index in [0.717, 1.165) is 34.5 Å². The van der Waals surface area contributed by atoms with Crippen molar-refractivity contribution < 1.29 is 0 Å². The molecular weight excluding hydrogens is 292 g/mol. The molecule has 0 saturated carbocycles. The van der Waals surface area contributed by atoms with Gasteiger partial charge in [0.25, 0.3) is 0 Å². The highest BCUT2D eigenvalue weighted by atomic mass is 79.9. The van der Waals surface area contributed by atoms with Gasteiger partial charge >= 0.3 is 0 Å². The number of nitrogens with zero attached hydrogens (tertiary/aromatic N) is 3. The van der Waals surface area contributed by atoms with Crippen LogP contribution in [0.2, 0.25) is 0 Å². The molecule has 1 N–H and O–H groups in total. The predicted octanol–water partition coefficient (Wildman–Crippen LogP) is 2.47. The molecule has 1 aliphatic heterocycles. The van der Waals surface area contributed by atoms with Crippen LogP contribution in [0.1, 0.15) is 6.42 Å². The Morgan fingerprint density at radius 1 is 1.44 bits per heavy atom. The Morgan fingerprint density at radius 3 is 3.00 bits per heavy atom. The van der Waals surface area contributed by atoms with Crippen molar-refractivity contribution in [3.8, 4) is 0 Å². The number of aromatic amines is 1. The monoisotopic (exact) mass is 308 g/mol. The number of rotatable bonds is 2. The van der Waals surface area contributed by atoms with Crippen molar-refractivity contribution in [3.05, 3.63) is 22.7 Å². The Hall–Kier alpha value is -1.07. The molecule has 2 aromatic rings. The average molecular weight is 309 g/mol. The van der Waals surface area contributed by atoms with Gasteiger partial charge in [-0.25, -0.2) is 4.98 Å². The van der Waals surface area contributed by atoms with Crippen molar-refractivity contribution in [2.24, 2.45) is 0 Å². The van der Waals surface area contributed by atoms with E-state index in [4.69, 9.17) is 0 Å². The lowest BCUT2D eigenvalue weighted by Gasteiger charge is -2.19. The molecule has 1 atom stereocenters. The number of fused-ring (bicyclic) bond motifs is 1. The fourth-order valence-electron chi connectivity index (χ4n) is 2.47. The number of hydrogen-bond acceptors (Lipinski definition) is 3. The van der Waals surface area contributed by atoms with E-state index in [0.29, 0.717) is 6.04 Å². The summed E-state index contributed by atoms with van der Waals surface area (Å²) in [5.41, 5.74) is 2.12. The molecule has 1 saturated heterocycles. The van der Waals surface area contributed by atoms with E-state index in [1.165, 1.54) is 6.42 Å². The summed E-state index contributed by atoms with van der Waals surface area (Å²) in [5, 5.41) is 0. The van der Waals surface area contributed by atoms with Crippen LogP contribution in [-0.4, -0.2) is 48.1 Å². The van der Waals surface area contributed by atoms with E-state index in [9.17, 15) is 0 Å². The van der Waals surface area contributed by atoms with Crippen molar-refractivity contribution in [2.75, 3.05) is 32.1 Å². The van der Waals surface area contributed by atoms with Crippen molar-refractivity contribution in [2.45, 2.75) is 12.5 Å². The first-order valence-corrected chi connectivity index (χ1v) is 6.99. The smallest absolute Gasteiger partial charge is 0.203 e. The lowest BCUT2D eigenvalue weighted by atomic mass is 10.2. The van der Waals surface area contributed by atoms with E-state index in [-0.39, 0.29) is 0 Å².